The zero-order chi connectivity index (χ0) is 15.2. The fourth-order valence-electron chi connectivity index (χ4n) is 1.57. The van der Waals surface area contributed by atoms with Gasteiger partial charge in [0.1, 0.15) is 5.54 Å². The molecule has 0 fully saturated rings. The van der Waals surface area contributed by atoms with E-state index in [-0.39, 0.29) is 5.69 Å². The smallest absolute Gasteiger partial charge is 0.273 e. The Kier molecular flexibility index (Phi) is 5.29. The van der Waals surface area contributed by atoms with Gasteiger partial charge < -0.3 is 15.2 Å². The molecule has 7 heteroatoms. The van der Waals surface area contributed by atoms with Gasteiger partial charge in [-0.05, 0) is 25.8 Å². The van der Waals surface area contributed by atoms with Gasteiger partial charge in [-0.3, -0.25) is 10.1 Å². The Hall–Kier alpha value is -2.33. The van der Waals surface area contributed by atoms with Crippen molar-refractivity contribution >= 4 is 5.69 Å². The third-order valence-corrected chi connectivity index (χ3v) is 2.71. The summed E-state index contributed by atoms with van der Waals surface area (Å²) in [5.74, 6) is 0.726. The number of nitrogens with two attached hydrogens (primary N) is 1. The minimum Gasteiger partial charge on any atom is -0.493 e. The number of nitrogens with zero attached hydrogens (tertiary/aromatic N) is 2. The molecule has 0 aromatic heterocycles. The molecule has 0 aliphatic heterocycles. The molecule has 0 heterocycles. The van der Waals surface area contributed by atoms with Crippen LogP contribution < -0.4 is 15.2 Å². The molecule has 7 nitrogen and oxygen atoms in total. The zero-order valence-electron chi connectivity index (χ0n) is 11.5. The van der Waals surface area contributed by atoms with E-state index in [1.165, 1.54) is 25.3 Å². The van der Waals surface area contributed by atoms with Gasteiger partial charge in [-0.15, -0.1) is 0 Å². The van der Waals surface area contributed by atoms with Gasteiger partial charge in [-0.2, -0.15) is 5.26 Å². The number of hydrogen-bond acceptors (Lipinski definition) is 6. The first-order valence-electron chi connectivity index (χ1n) is 6.05. The standard InChI is InChI=1S/C13H17N3O4/c1-13(15,9-14)6-3-7-20-11-5-4-10(16(17)18)8-12(11)19-2/h4-5,8H,3,6-7,15H2,1-2H3. The molecule has 1 aromatic carbocycles. The van der Waals surface area contributed by atoms with Gasteiger partial charge in [0.2, 0.25) is 0 Å². The van der Waals surface area contributed by atoms with Crippen LogP contribution in [-0.4, -0.2) is 24.2 Å². The lowest BCUT2D eigenvalue weighted by molar-refractivity contribution is -0.384. The van der Waals surface area contributed by atoms with E-state index in [1.807, 2.05) is 6.07 Å². The fourth-order valence-corrected chi connectivity index (χ4v) is 1.57. The summed E-state index contributed by atoms with van der Waals surface area (Å²) in [6.07, 6.45) is 1.10. The molecular weight excluding hydrogens is 262 g/mol. The van der Waals surface area contributed by atoms with E-state index < -0.39 is 10.5 Å². The van der Waals surface area contributed by atoms with Crippen molar-refractivity contribution in [2.75, 3.05) is 13.7 Å². The highest BCUT2D eigenvalue weighted by molar-refractivity contribution is 5.48. The summed E-state index contributed by atoms with van der Waals surface area (Å²) >= 11 is 0. The Bertz CT molecular complexity index is 523. The summed E-state index contributed by atoms with van der Waals surface area (Å²) in [6, 6.07) is 6.14. The molecule has 2 N–H and O–H groups in total. The Morgan fingerprint density at radius 3 is 2.75 bits per heavy atom. The van der Waals surface area contributed by atoms with E-state index in [0.717, 1.165) is 0 Å². The molecule has 1 aromatic rings. The SMILES string of the molecule is COc1cc([N+](=O)[O-])ccc1OCCCC(C)(N)C#N. The predicted molar refractivity (Wildman–Crippen MR) is 72.6 cm³/mol. The van der Waals surface area contributed by atoms with Gasteiger partial charge in [-0.25, -0.2) is 0 Å². The maximum Gasteiger partial charge on any atom is 0.273 e. The van der Waals surface area contributed by atoms with Crippen molar-refractivity contribution in [1.82, 2.24) is 0 Å². The van der Waals surface area contributed by atoms with E-state index >= 15 is 0 Å². The normalized spacial score (nSPS) is 13.1. The topological polar surface area (TPSA) is 111 Å². The van der Waals surface area contributed by atoms with Crippen LogP contribution in [0.3, 0.4) is 0 Å². The lowest BCUT2D eigenvalue weighted by atomic mass is 10.00. The average Bonchev–Trinajstić information content (AvgIpc) is 2.43. The van der Waals surface area contributed by atoms with Crippen LogP contribution in [-0.2, 0) is 0 Å². The molecular formula is C13H17N3O4. The zero-order valence-corrected chi connectivity index (χ0v) is 11.5. The van der Waals surface area contributed by atoms with Gasteiger partial charge in [0.05, 0.1) is 30.8 Å². The second-order valence-electron chi connectivity index (χ2n) is 4.57. The molecule has 0 aliphatic rings. The number of nitro benzene ring substituents is 1. The van der Waals surface area contributed by atoms with Crippen LogP contribution in [0.5, 0.6) is 11.5 Å². The van der Waals surface area contributed by atoms with Crippen LogP contribution in [0.1, 0.15) is 19.8 Å². The van der Waals surface area contributed by atoms with Crippen molar-refractivity contribution in [2.45, 2.75) is 25.3 Å². The maximum absolute atomic E-state index is 10.6. The second-order valence-corrected chi connectivity index (χ2v) is 4.57. The number of ether oxygens (including phenoxy) is 2. The molecule has 0 amide bonds. The van der Waals surface area contributed by atoms with Crippen LogP contribution in [0.25, 0.3) is 0 Å². The number of benzene rings is 1. The van der Waals surface area contributed by atoms with Crippen molar-refractivity contribution < 1.29 is 14.4 Å². The van der Waals surface area contributed by atoms with Crippen molar-refractivity contribution in [3.63, 3.8) is 0 Å². The molecule has 0 saturated heterocycles. The van der Waals surface area contributed by atoms with Crippen molar-refractivity contribution in [3.8, 4) is 17.6 Å². The maximum atomic E-state index is 10.6. The lowest BCUT2D eigenvalue weighted by Crippen LogP contribution is -2.34. The fraction of sp³-hybridized carbons (Fsp3) is 0.462. The van der Waals surface area contributed by atoms with Gasteiger partial charge in [0, 0.05) is 6.07 Å². The van der Waals surface area contributed by atoms with Crippen LogP contribution in [0.2, 0.25) is 0 Å². The summed E-state index contributed by atoms with van der Waals surface area (Å²) in [4.78, 5) is 10.1. The van der Waals surface area contributed by atoms with Crippen LogP contribution in [0, 0.1) is 21.4 Å². The minimum absolute atomic E-state index is 0.0618. The number of hydrogen-bond donors (Lipinski definition) is 1. The summed E-state index contributed by atoms with van der Waals surface area (Å²) in [5, 5.41) is 19.4. The van der Waals surface area contributed by atoms with Crippen LogP contribution in [0.15, 0.2) is 18.2 Å². The molecule has 1 atom stereocenters. The summed E-state index contributed by atoms with van der Waals surface area (Å²) in [7, 11) is 1.42. The lowest BCUT2D eigenvalue weighted by Gasteiger charge is -2.15. The van der Waals surface area contributed by atoms with Crippen LogP contribution in [0.4, 0.5) is 5.69 Å². The quantitative estimate of drug-likeness (QED) is 0.464. The van der Waals surface area contributed by atoms with Crippen LogP contribution >= 0.6 is 0 Å². The average molecular weight is 279 g/mol. The Morgan fingerprint density at radius 1 is 1.50 bits per heavy atom. The van der Waals surface area contributed by atoms with Gasteiger partial charge in [-0.1, -0.05) is 0 Å². The third kappa shape index (κ3) is 4.40. The highest BCUT2D eigenvalue weighted by Crippen LogP contribution is 2.31. The summed E-state index contributed by atoms with van der Waals surface area (Å²) in [5.41, 5.74) is 4.75. The van der Waals surface area contributed by atoms with Gasteiger partial charge in [0.15, 0.2) is 11.5 Å². The molecule has 0 saturated carbocycles. The molecule has 0 radical (unpaired) electrons. The first-order valence-corrected chi connectivity index (χ1v) is 6.05. The highest BCUT2D eigenvalue weighted by Gasteiger charge is 2.17. The van der Waals surface area contributed by atoms with Crippen molar-refractivity contribution in [1.29, 1.82) is 5.26 Å². The van der Waals surface area contributed by atoms with E-state index in [9.17, 15) is 10.1 Å². The third-order valence-electron chi connectivity index (χ3n) is 2.71. The molecule has 1 unspecified atom stereocenters. The Labute approximate surface area is 117 Å². The molecule has 20 heavy (non-hydrogen) atoms. The first-order chi connectivity index (χ1) is 9.39. The number of nitriles is 1. The van der Waals surface area contributed by atoms with E-state index in [2.05, 4.69) is 0 Å². The van der Waals surface area contributed by atoms with E-state index in [1.54, 1.807) is 6.92 Å². The Balaban J connectivity index is 2.61. The molecule has 0 bridgehead atoms. The monoisotopic (exact) mass is 279 g/mol. The van der Waals surface area contributed by atoms with Gasteiger partial charge in [0.25, 0.3) is 5.69 Å². The predicted octanol–water partition coefficient (Wildman–Crippen LogP) is 2.00. The van der Waals surface area contributed by atoms with E-state index in [4.69, 9.17) is 20.5 Å². The number of non-ortho nitro benzene ring substituents is 1. The second kappa shape index (κ2) is 6.73. The molecule has 0 aliphatic carbocycles. The number of nitro groups is 1. The number of methoxy groups -OCH3 is 1. The first kappa shape index (κ1) is 15.7. The molecule has 108 valence electrons. The largest absolute Gasteiger partial charge is 0.493 e. The number of rotatable bonds is 7. The van der Waals surface area contributed by atoms with E-state index in [0.29, 0.717) is 30.9 Å². The molecule has 0 spiro atoms. The minimum atomic E-state index is -0.872. The van der Waals surface area contributed by atoms with Crippen molar-refractivity contribution in [2.24, 2.45) is 5.73 Å². The van der Waals surface area contributed by atoms with Gasteiger partial charge >= 0.3 is 0 Å². The Morgan fingerprint density at radius 2 is 2.20 bits per heavy atom. The van der Waals surface area contributed by atoms with Crippen molar-refractivity contribution in [3.05, 3.63) is 28.3 Å². The highest BCUT2D eigenvalue weighted by atomic mass is 16.6. The summed E-state index contributed by atoms with van der Waals surface area (Å²) in [6.45, 7) is 2.00. The summed E-state index contributed by atoms with van der Waals surface area (Å²) < 4.78 is 10.5. The molecule has 1 rings (SSSR count).